The summed E-state index contributed by atoms with van der Waals surface area (Å²) < 4.78 is 0. The Kier molecular flexibility index (Phi) is 6.18. The van der Waals surface area contributed by atoms with Crippen LogP contribution >= 0.6 is 24.2 Å². The molecular weight excluding hydrogens is 316 g/mol. The number of fused-ring (bicyclic) bond motifs is 2. The zero-order valence-electron chi connectivity index (χ0n) is 13.2. The van der Waals surface area contributed by atoms with Crippen molar-refractivity contribution in [2.24, 2.45) is 0 Å². The Morgan fingerprint density at radius 3 is 2.41 bits per heavy atom. The smallest absolute Gasteiger partial charge is 0.232 e. The fraction of sp³-hybridized carbons (Fsp3) is 0.588. The monoisotopic (exact) mass is 340 g/mol. The number of rotatable bonds is 4. The number of piperidine rings is 1. The number of carbonyl (C=O) groups excluding carboxylic acids is 1. The second-order valence-corrected chi connectivity index (χ2v) is 7.42. The van der Waals surface area contributed by atoms with Gasteiger partial charge in [-0.15, -0.1) is 24.2 Å². The lowest BCUT2D eigenvalue weighted by Gasteiger charge is -2.35. The summed E-state index contributed by atoms with van der Waals surface area (Å²) in [7, 11) is 1.98. The molecule has 0 saturated carbocycles. The van der Waals surface area contributed by atoms with Gasteiger partial charge >= 0.3 is 0 Å². The van der Waals surface area contributed by atoms with E-state index in [0.717, 1.165) is 12.8 Å². The van der Waals surface area contributed by atoms with Gasteiger partial charge in [-0.25, -0.2) is 0 Å². The van der Waals surface area contributed by atoms with E-state index in [2.05, 4.69) is 36.5 Å². The highest BCUT2D eigenvalue weighted by atomic mass is 35.5. The molecule has 0 spiro atoms. The first-order chi connectivity index (χ1) is 10.1. The molecule has 2 heterocycles. The summed E-state index contributed by atoms with van der Waals surface area (Å²) in [4.78, 5) is 15.6. The molecule has 3 rings (SSSR count). The number of carbonyl (C=O) groups is 1. The molecule has 0 aromatic heterocycles. The SMILES string of the molecule is Cc1ccc(SCC(=O)N(C)C2CC3CCC(C2)N3)cc1.Cl. The lowest BCUT2D eigenvalue weighted by molar-refractivity contribution is -0.129. The third-order valence-electron chi connectivity index (χ3n) is 4.77. The third kappa shape index (κ3) is 4.18. The number of amides is 1. The normalized spacial score (nSPS) is 26.4. The summed E-state index contributed by atoms with van der Waals surface area (Å²) in [6.07, 6.45) is 4.80. The molecule has 2 aliphatic rings. The van der Waals surface area contributed by atoms with Crippen molar-refractivity contribution in [2.45, 2.75) is 55.6 Å². The standard InChI is InChI=1S/C17H24N2OS.ClH/c1-12-3-7-16(8-4-12)21-11-17(20)19(2)15-9-13-5-6-14(10-15)18-13;/h3-4,7-8,13-15,18H,5-6,9-11H2,1-2H3;1H. The molecule has 2 aliphatic heterocycles. The molecule has 2 bridgehead atoms. The zero-order chi connectivity index (χ0) is 14.8. The molecule has 0 aliphatic carbocycles. The first kappa shape index (κ1) is 17.6. The van der Waals surface area contributed by atoms with Crippen LogP contribution in [0.2, 0.25) is 0 Å². The molecule has 22 heavy (non-hydrogen) atoms. The molecule has 5 heteroatoms. The van der Waals surface area contributed by atoms with Gasteiger partial charge in [0.2, 0.25) is 5.91 Å². The van der Waals surface area contributed by atoms with E-state index in [0.29, 0.717) is 23.9 Å². The Bertz CT molecular complexity index is 496. The number of nitrogens with one attached hydrogen (secondary N) is 1. The van der Waals surface area contributed by atoms with E-state index in [4.69, 9.17) is 0 Å². The fourth-order valence-electron chi connectivity index (χ4n) is 3.43. The van der Waals surface area contributed by atoms with Gasteiger partial charge in [-0.05, 0) is 44.7 Å². The highest BCUT2D eigenvalue weighted by molar-refractivity contribution is 8.00. The highest BCUT2D eigenvalue weighted by Gasteiger charge is 2.36. The van der Waals surface area contributed by atoms with Gasteiger partial charge in [0.25, 0.3) is 0 Å². The summed E-state index contributed by atoms with van der Waals surface area (Å²) in [5.41, 5.74) is 1.26. The van der Waals surface area contributed by atoms with E-state index < -0.39 is 0 Å². The predicted octanol–water partition coefficient (Wildman–Crippen LogP) is 3.25. The minimum Gasteiger partial charge on any atom is -0.342 e. The molecule has 1 amide bonds. The van der Waals surface area contributed by atoms with Crippen molar-refractivity contribution < 1.29 is 4.79 Å². The van der Waals surface area contributed by atoms with Crippen molar-refractivity contribution in [3.8, 4) is 0 Å². The summed E-state index contributed by atoms with van der Waals surface area (Å²) in [6, 6.07) is 10.1. The predicted molar refractivity (Wildman–Crippen MR) is 94.9 cm³/mol. The molecule has 2 saturated heterocycles. The minimum absolute atomic E-state index is 0. The van der Waals surface area contributed by atoms with Crippen LogP contribution in [0.25, 0.3) is 0 Å². The van der Waals surface area contributed by atoms with E-state index in [9.17, 15) is 4.79 Å². The zero-order valence-corrected chi connectivity index (χ0v) is 14.9. The maximum atomic E-state index is 12.4. The van der Waals surface area contributed by atoms with Crippen molar-refractivity contribution in [2.75, 3.05) is 12.8 Å². The first-order valence-corrected chi connectivity index (χ1v) is 8.81. The largest absolute Gasteiger partial charge is 0.342 e. The second-order valence-electron chi connectivity index (χ2n) is 6.37. The average Bonchev–Trinajstić information content (AvgIpc) is 2.84. The van der Waals surface area contributed by atoms with Gasteiger partial charge < -0.3 is 10.2 Å². The first-order valence-electron chi connectivity index (χ1n) is 7.83. The van der Waals surface area contributed by atoms with Gasteiger partial charge in [0.05, 0.1) is 5.75 Å². The van der Waals surface area contributed by atoms with Gasteiger partial charge in [-0.3, -0.25) is 4.79 Å². The summed E-state index contributed by atoms with van der Waals surface area (Å²) in [5.74, 6) is 0.797. The Balaban J connectivity index is 0.00000176. The second kappa shape index (κ2) is 7.71. The van der Waals surface area contributed by atoms with E-state index in [1.165, 1.54) is 23.3 Å². The van der Waals surface area contributed by atoms with Crippen LogP contribution in [-0.2, 0) is 4.79 Å². The number of hydrogen-bond donors (Lipinski definition) is 1. The van der Waals surface area contributed by atoms with Crippen LogP contribution < -0.4 is 5.32 Å². The van der Waals surface area contributed by atoms with E-state index in [-0.39, 0.29) is 18.3 Å². The molecule has 122 valence electrons. The summed E-state index contributed by atoms with van der Waals surface area (Å²) in [5, 5.41) is 3.63. The quantitative estimate of drug-likeness (QED) is 0.854. The summed E-state index contributed by atoms with van der Waals surface area (Å²) in [6.45, 7) is 2.08. The van der Waals surface area contributed by atoms with Crippen LogP contribution in [0.3, 0.4) is 0 Å². The number of aryl methyl sites for hydroxylation is 1. The Morgan fingerprint density at radius 1 is 1.23 bits per heavy atom. The van der Waals surface area contributed by atoms with Crippen LogP contribution in [0, 0.1) is 6.92 Å². The topological polar surface area (TPSA) is 32.3 Å². The van der Waals surface area contributed by atoms with Crippen molar-refractivity contribution in [1.82, 2.24) is 10.2 Å². The molecule has 1 N–H and O–H groups in total. The van der Waals surface area contributed by atoms with Crippen molar-refractivity contribution >= 4 is 30.1 Å². The Hall–Kier alpha value is -0.710. The van der Waals surface area contributed by atoms with E-state index in [1.807, 2.05) is 11.9 Å². The molecule has 3 nitrogen and oxygen atoms in total. The van der Waals surface area contributed by atoms with Gasteiger partial charge in [0.15, 0.2) is 0 Å². The molecule has 1 aromatic rings. The van der Waals surface area contributed by atoms with E-state index in [1.54, 1.807) is 11.8 Å². The number of nitrogens with zero attached hydrogens (tertiary/aromatic N) is 1. The molecule has 2 atom stereocenters. The van der Waals surface area contributed by atoms with Crippen LogP contribution in [0.4, 0.5) is 0 Å². The van der Waals surface area contributed by atoms with Gasteiger partial charge in [0.1, 0.15) is 0 Å². The molecule has 0 radical (unpaired) electrons. The average molecular weight is 341 g/mol. The number of halogens is 1. The lowest BCUT2D eigenvalue weighted by Crippen LogP contribution is -2.49. The van der Waals surface area contributed by atoms with Gasteiger partial charge in [-0.1, -0.05) is 17.7 Å². The Labute approximate surface area is 143 Å². The molecule has 2 fully saturated rings. The van der Waals surface area contributed by atoms with Gasteiger partial charge in [-0.2, -0.15) is 0 Å². The van der Waals surface area contributed by atoms with Crippen molar-refractivity contribution in [1.29, 1.82) is 0 Å². The van der Waals surface area contributed by atoms with Crippen LogP contribution in [0.15, 0.2) is 29.2 Å². The lowest BCUT2D eigenvalue weighted by atomic mass is 9.98. The van der Waals surface area contributed by atoms with Crippen molar-refractivity contribution in [3.63, 3.8) is 0 Å². The Morgan fingerprint density at radius 2 is 1.82 bits per heavy atom. The molecule has 1 aromatic carbocycles. The molecule has 2 unspecified atom stereocenters. The van der Waals surface area contributed by atoms with Crippen LogP contribution in [0.1, 0.15) is 31.2 Å². The summed E-state index contributed by atoms with van der Waals surface area (Å²) >= 11 is 1.64. The van der Waals surface area contributed by atoms with Crippen molar-refractivity contribution in [3.05, 3.63) is 29.8 Å². The number of hydrogen-bond acceptors (Lipinski definition) is 3. The number of benzene rings is 1. The molecular formula is C17H25ClN2OS. The van der Waals surface area contributed by atoms with E-state index >= 15 is 0 Å². The maximum absolute atomic E-state index is 12.4. The fourth-order valence-corrected chi connectivity index (χ4v) is 4.25. The van der Waals surface area contributed by atoms with Crippen LogP contribution in [0.5, 0.6) is 0 Å². The minimum atomic E-state index is 0. The maximum Gasteiger partial charge on any atom is 0.232 e. The third-order valence-corrected chi connectivity index (χ3v) is 5.77. The number of thioether (sulfide) groups is 1. The highest BCUT2D eigenvalue weighted by Crippen LogP contribution is 2.29. The van der Waals surface area contributed by atoms with Gasteiger partial charge in [0, 0.05) is 30.1 Å². The van der Waals surface area contributed by atoms with Crippen LogP contribution in [-0.4, -0.2) is 41.7 Å².